The van der Waals surface area contributed by atoms with Crippen molar-refractivity contribution >= 4 is 34.9 Å². The van der Waals surface area contributed by atoms with E-state index in [1.54, 1.807) is 7.11 Å². The third-order valence-electron chi connectivity index (χ3n) is 7.05. The van der Waals surface area contributed by atoms with Crippen LogP contribution in [0.1, 0.15) is 18.4 Å². The molecule has 0 spiro atoms. The summed E-state index contributed by atoms with van der Waals surface area (Å²) in [6, 6.07) is 14.4. The fourth-order valence-corrected chi connectivity index (χ4v) is 4.90. The van der Waals surface area contributed by atoms with E-state index in [2.05, 4.69) is 39.9 Å². The highest BCUT2D eigenvalue weighted by atomic mass is 16.5. The Morgan fingerprint density at radius 2 is 1.86 bits per heavy atom. The number of piperazine rings is 1. The second-order valence-corrected chi connectivity index (χ2v) is 9.39. The number of carbonyl (C=O) groups excluding carboxylic acids is 1. The molecule has 0 N–H and O–H groups in total. The molecule has 8 heteroatoms. The maximum atomic E-state index is 11.2. The van der Waals surface area contributed by atoms with Gasteiger partial charge in [-0.3, -0.25) is 14.7 Å². The fourth-order valence-electron chi connectivity index (χ4n) is 4.90. The van der Waals surface area contributed by atoms with Gasteiger partial charge in [-0.15, -0.1) is 0 Å². The van der Waals surface area contributed by atoms with E-state index in [-0.39, 0.29) is 6.04 Å². The Balaban J connectivity index is 1.26. The maximum absolute atomic E-state index is 11.2. The van der Waals surface area contributed by atoms with Crippen LogP contribution in [-0.4, -0.2) is 80.0 Å². The molecule has 8 nitrogen and oxygen atoms in total. The number of carbonyl (C=O) groups is 1. The van der Waals surface area contributed by atoms with Crippen molar-refractivity contribution in [2.24, 2.45) is 4.99 Å². The predicted octanol–water partition coefficient (Wildman–Crippen LogP) is 4.03. The van der Waals surface area contributed by atoms with Crippen LogP contribution in [0, 0.1) is 6.92 Å². The van der Waals surface area contributed by atoms with Gasteiger partial charge in [0.25, 0.3) is 0 Å². The normalized spacial score (nSPS) is 18.8. The number of rotatable bonds is 8. The van der Waals surface area contributed by atoms with E-state index >= 15 is 0 Å². The average Bonchev–Trinajstić information content (AvgIpc) is 3.39. The minimum Gasteiger partial charge on any atom is -0.493 e. The number of nitrogens with zero attached hydrogens (tertiary/aromatic N) is 5. The van der Waals surface area contributed by atoms with Gasteiger partial charge in [0.05, 0.1) is 18.8 Å². The number of aryl methyl sites for hydroxylation is 1. The Bertz CT molecular complexity index is 1220. The molecule has 2 fully saturated rings. The van der Waals surface area contributed by atoms with Crippen LogP contribution in [0.2, 0.25) is 0 Å². The highest BCUT2D eigenvalue weighted by Gasteiger charge is 2.21. The Morgan fingerprint density at radius 1 is 1.06 bits per heavy atom. The molecule has 188 valence electrons. The Kier molecular flexibility index (Phi) is 7.32. The van der Waals surface area contributed by atoms with Gasteiger partial charge in [-0.2, -0.15) is 0 Å². The van der Waals surface area contributed by atoms with Crippen molar-refractivity contribution in [1.29, 1.82) is 0 Å². The van der Waals surface area contributed by atoms with Gasteiger partial charge in [0, 0.05) is 45.1 Å². The first kappa shape index (κ1) is 24.1. The molecule has 1 atom stereocenters. The number of pyridine rings is 1. The predicted molar refractivity (Wildman–Crippen MR) is 143 cm³/mol. The summed E-state index contributed by atoms with van der Waals surface area (Å²) in [5, 5.41) is 2.12. The molecule has 3 aromatic rings. The molecule has 2 aliphatic rings. The highest BCUT2D eigenvalue weighted by Crippen LogP contribution is 2.35. The van der Waals surface area contributed by atoms with E-state index in [1.807, 2.05) is 41.6 Å². The molecule has 5 rings (SSSR count). The molecule has 2 saturated heterocycles. The van der Waals surface area contributed by atoms with Gasteiger partial charge in [0.2, 0.25) is 6.41 Å². The zero-order valence-corrected chi connectivity index (χ0v) is 21.0. The number of aliphatic imine (C=N–C) groups is 1. The lowest BCUT2D eigenvalue weighted by Crippen LogP contribution is -2.47. The summed E-state index contributed by atoms with van der Waals surface area (Å²) < 4.78 is 11.9. The van der Waals surface area contributed by atoms with E-state index in [0.717, 1.165) is 85.6 Å². The van der Waals surface area contributed by atoms with Gasteiger partial charge in [0.1, 0.15) is 12.5 Å². The molecule has 1 amide bonds. The summed E-state index contributed by atoms with van der Waals surface area (Å²) >= 11 is 0. The van der Waals surface area contributed by atoms with Gasteiger partial charge < -0.3 is 19.3 Å². The van der Waals surface area contributed by atoms with Crippen LogP contribution in [0.3, 0.4) is 0 Å². The number of hydrogen-bond acceptors (Lipinski definition) is 7. The van der Waals surface area contributed by atoms with Gasteiger partial charge in [0.15, 0.2) is 11.5 Å². The summed E-state index contributed by atoms with van der Waals surface area (Å²) in [5.41, 5.74) is 1.98. The second-order valence-electron chi connectivity index (χ2n) is 9.39. The standard InChI is InChI=1S/C28H33N5O3/c1-21-14-22-17-27(36-20-31-10-12-32(13-11-31)28-7-3-4-8-29-28)26(35-2)16-23(22)15-25(21)30-18-24-6-5-9-33(24)19-34/h3-4,7-8,14-19,24H,5-6,9-13,20H2,1-2H3. The first-order chi connectivity index (χ1) is 17.6. The van der Waals surface area contributed by atoms with E-state index < -0.39 is 0 Å². The zero-order valence-electron chi connectivity index (χ0n) is 21.0. The lowest BCUT2D eigenvalue weighted by molar-refractivity contribution is -0.117. The van der Waals surface area contributed by atoms with Crippen LogP contribution in [0.25, 0.3) is 10.8 Å². The van der Waals surface area contributed by atoms with E-state index in [1.165, 1.54) is 0 Å². The third-order valence-corrected chi connectivity index (χ3v) is 7.05. The first-order valence-electron chi connectivity index (χ1n) is 12.5. The molecule has 0 bridgehead atoms. The van der Waals surface area contributed by atoms with Crippen molar-refractivity contribution in [2.45, 2.75) is 25.8 Å². The molecule has 36 heavy (non-hydrogen) atoms. The Labute approximate surface area is 212 Å². The molecular formula is C28H33N5O3. The zero-order chi connectivity index (χ0) is 24.9. The quantitative estimate of drug-likeness (QED) is 0.353. The number of benzene rings is 2. The molecule has 1 aromatic heterocycles. The number of amides is 1. The summed E-state index contributed by atoms with van der Waals surface area (Å²) in [7, 11) is 1.67. The first-order valence-corrected chi connectivity index (χ1v) is 12.5. The average molecular weight is 488 g/mol. The number of likely N-dealkylation sites (tertiary alicyclic amines) is 1. The lowest BCUT2D eigenvalue weighted by Gasteiger charge is -2.35. The molecule has 0 saturated carbocycles. The topological polar surface area (TPSA) is 70.5 Å². The summed E-state index contributed by atoms with van der Waals surface area (Å²) in [6.07, 6.45) is 6.64. The van der Waals surface area contributed by atoms with Crippen molar-refractivity contribution in [3.63, 3.8) is 0 Å². The fraction of sp³-hybridized carbons (Fsp3) is 0.393. The summed E-state index contributed by atoms with van der Waals surface area (Å²) in [6.45, 7) is 7.03. The van der Waals surface area contributed by atoms with Crippen LogP contribution in [0.5, 0.6) is 11.5 Å². The Hall–Kier alpha value is -3.65. The lowest BCUT2D eigenvalue weighted by atomic mass is 10.0. The van der Waals surface area contributed by atoms with Crippen LogP contribution < -0.4 is 14.4 Å². The summed E-state index contributed by atoms with van der Waals surface area (Å²) in [5.74, 6) is 2.47. The van der Waals surface area contributed by atoms with E-state index in [9.17, 15) is 4.79 Å². The molecule has 0 aliphatic carbocycles. The number of hydrogen-bond donors (Lipinski definition) is 0. The highest BCUT2D eigenvalue weighted by molar-refractivity contribution is 5.90. The van der Waals surface area contributed by atoms with Gasteiger partial charge in [-0.05, 0) is 72.5 Å². The van der Waals surface area contributed by atoms with Crippen LogP contribution in [0.4, 0.5) is 11.5 Å². The maximum Gasteiger partial charge on any atom is 0.210 e. The van der Waals surface area contributed by atoms with Crippen molar-refractivity contribution in [2.75, 3.05) is 51.5 Å². The minimum absolute atomic E-state index is 0.0775. The number of ether oxygens (including phenoxy) is 2. The monoisotopic (exact) mass is 487 g/mol. The van der Waals surface area contributed by atoms with Gasteiger partial charge >= 0.3 is 0 Å². The van der Waals surface area contributed by atoms with Gasteiger partial charge in [-0.25, -0.2) is 4.98 Å². The second kappa shape index (κ2) is 11.0. The largest absolute Gasteiger partial charge is 0.493 e. The van der Waals surface area contributed by atoms with Crippen LogP contribution >= 0.6 is 0 Å². The van der Waals surface area contributed by atoms with Crippen LogP contribution in [0.15, 0.2) is 53.7 Å². The van der Waals surface area contributed by atoms with E-state index in [0.29, 0.717) is 12.5 Å². The van der Waals surface area contributed by atoms with Crippen molar-refractivity contribution in [3.05, 3.63) is 54.2 Å². The summed E-state index contributed by atoms with van der Waals surface area (Å²) in [4.78, 5) is 26.8. The smallest absolute Gasteiger partial charge is 0.210 e. The van der Waals surface area contributed by atoms with Crippen molar-refractivity contribution < 1.29 is 14.3 Å². The van der Waals surface area contributed by atoms with E-state index in [4.69, 9.17) is 14.5 Å². The molecule has 1 unspecified atom stereocenters. The van der Waals surface area contributed by atoms with Crippen LogP contribution in [-0.2, 0) is 4.79 Å². The molecule has 3 heterocycles. The number of methoxy groups -OCH3 is 1. The molecule has 2 aliphatic heterocycles. The molecule has 2 aromatic carbocycles. The molecular weight excluding hydrogens is 454 g/mol. The molecule has 0 radical (unpaired) electrons. The SMILES string of the molecule is COc1cc2cc(N=CC3CCCN3C=O)c(C)cc2cc1OCN1CCN(c2ccccn2)CC1. The minimum atomic E-state index is 0.0775. The van der Waals surface area contributed by atoms with Gasteiger partial charge in [-0.1, -0.05) is 6.07 Å². The number of anilines is 1. The third kappa shape index (κ3) is 5.28. The van der Waals surface area contributed by atoms with Crippen molar-refractivity contribution in [1.82, 2.24) is 14.8 Å². The van der Waals surface area contributed by atoms with Crippen molar-refractivity contribution in [3.8, 4) is 11.5 Å². The Morgan fingerprint density at radius 3 is 2.61 bits per heavy atom. The number of aromatic nitrogens is 1. The number of fused-ring (bicyclic) bond motifs is 1.